The first-order valence-corrected chi connectivity index (χ1v) is 13.7. The summed E-state index contributed by atoms with van der Waals surface area (Å²) in [4.78, 5) is 51.3. The SMILES string of the molecule is CC(=O)OC1C=C(C(C)C2CC(C)=C(C)C(=O)O2)C2(C)CCC3C(CC4OC45C(=O)C=CC(=O)C35C)C12O. The van der Waals surface area contributed by atoms with Gasteiger partial charge in [-0.3, -0.25) is 14.4 Å². The first kappa shape index (κ1) is 25.7. The van der Waals surface area contributed by atoms with E-state index >= 15 is 0 Å². The highest BCUT2D eigenvalue weighted by Gasteiger charge is 2.83. The predicted molar refractivity (Wildman–Crippen MR) is 134 cm³/mol. The topological polar surface area (TPSA) is 120 Å². The highest BCUT2D eigenvalue weighted by Crippen LogP contribution is 2.73. The smallest absolute Gasteiger partial charge is 0.333 e. The predicted octanol–water partition coefficient (Wildman–Crippen LogP) is 3.17. The molecular weight excluding hydrogens is 488 g/mol. The van der Waals surface area contributed by atoms with Gasteiger partial charge in [0.2, 0.25) is 0 Å². The Kier molecular flexibility index (Phi) is 5.24. The fraction of sp³-hybridized carbons (Fsp3) is 0.667. The van der Waals surface area contributed by atoms with Gasteiger partial charge in [-0.15, -0.1) is 0 Å². The van der Waals surface area contributed by atoms with Crippen molar-refractivity contribution in [2.45, 2.75) is 96.7 Å². The van der Waals surface area contributed by atoms with Gasteiger partial charge in [0, 0.05) is 30.3 Å². The number of esters is 2. The van der Waals surface area contributed by atoms with Gasteiger partial charge in [0.25, 0.3) is 0 Å². The molecule has 38 heavy (non-hydrogen) atoms. The number of carbonyl (C=O) groups excluding carboxylic acids is 4. The normalized spacial score (nSPS) is 47.8. The Balaban J connectivity index is 1.42. The van der Waals surface area contributed by atoms with E-state index in [2.05, 4.69) is 0 Å². The van der Waals surface area contributed by atoms with Gasteiger partial charge < -0.3 is 19.3 Å². The summed E-state index contributed by atoms with van der Waals surface area (Å²) >= 11 is 0. The number of hydrogen-bond donors (Lipinski definition) is 1. The number of allylic oxidation sites excluding steroid dienone is 1. The van der Waals surface area contributed by atoms with E-state index < -0.39 is 52.2 Å². The van der Waals surface area contributed by atoms with Crippen molar-refractivity contribution in [2.24, 2.45) is 28.6 Å². The lowest BCUT2D eigenvalue weighted by Crippen LogP contribution is -2.69. The van der Waals surface area contributed by atoms with Gasteiger partial charge in [0.15, 0.2) is 17.2 Å². The molecule has 3 fully saturated rings. The van der Waals surface area contributed by atoms with Crippen molar-refractivity contribution < 1.29 is 38.5 Å². The first-order valence-electron chi connectivity index (χ1n) is 13.7. The maximum atomic E-state index is 13.4. The second kappa shape index (κ2) is 7.75. The summed E-state index contributed by atoms with van der Waals surface area (Å²) in [5, 5.41) is 12.8. The van der Waals surface area contributed by atoms with Gasteiger partial charge in [-0.25, -0.2) is 4.79 Å². The van der Waals surface area contributed by atoms with E-state index in [1.54, 1.807) is 6.92 Å². The molecule has 8 heteroatoms. The average Bonchev–Trinajstić information content (AvgIpc) is 3.55. The van der Waals surface area contributed by atoms with Gasteiger partial charge in [-0.1, -0.05) is 25.0 Å². The summed E-state index contributed by atoms with van der Waals surface area (Å²) in [6.45, 7) is 10.8. The molecule has 2 heterocycles. The van der Waals surface area contributed by atoms with Gasteiger partial charge in [0.05, 0.1) is 11.5 Å². The summed E-state index contributed by atoms with van der Waals surface area (Å²) in [7, 11) is 0. The maximum Gasteiger partial charge on any atom is 0.333 e. The molecule has 204 valence electrons. The van der Waals surface area contributed by atoms with Crippen LogP contribution in [0.2, 0.25) is 0 Å². The molecule has 0 aromatic rings. The molecule has 1 N–H and O–H groups in total. The molecule has 1 saturated heterocycles. The van der Waals surface area contributed by atoms with E-state index in [-0.39, 0.29) is 29.4 Å². The zero-order valence-electron chi connectivity index (χ0n) is 22.8. The summed E-state index contributed by atoms with van der Waals surface area (Å²) in [6, 6.07) is 0. The minimum absolute atomic E-state index is 0.156. The molecule has 0 bridgehead atoms. The number of fused-ring (bicyclic) bond motifs is 4. The summed E-state index contributed by atoms with van der Waals surface area (Å²) in [5.74, 6) is -2.19. The van der Waals surface area contributed by atoms with Crippen LogP contribution in [0.3, 0.4) is 0 Å². The number of hydrogen-bond acceptors (Lipinski definition) is 8. The molecule has 1 spiro atoms. The molecule has 4 aliphatic carbocycles. The molecule has 0 radical (unpaired) electrons. The van der Waals surface area contributed by atoms with Crippen LogP contribution in [0.15, 0.2) is 34.9 Å². The Hall–Kier alpha value is -2.58. The molecule has 8 nitrogen and oxygen atoms in total. The van der Waals surface area contributed by atoms with Gasteiger partial charge in [-0.2, -0.15) is 0 Å². The van der Waals surface area contributed by atoms with Gasteiger partial charge >= 0.3 is 11.9 Å². The Morgan fingerprint density at radius 1 is 1.13 bits per heavy atom. The summed E-state index contributed by atoms with van der Waals surface area (Å²) in [6.07, 6.45) is 4.83. The van der Waals surface area contributed by atoms with E-state index in [0.29, 0.717) is 31.3 Å². The monoisotopic (exact) mass is 524 g/mol. The Bertz CT molecular complexity index is 1270. The number of rotatable bonds is 3. The first-order chi connectivity index (χ1) is 17.7. The van der Waals surface area contributed by atoms with E-state index in [1.807, 2.05) is 33.8 Å². The third-order valence-electron chi connectivity index (χ3n) is 11.3. The fourth-order valence-electron chi connectivity index (χ4n) is 8.96. The molecule has 10 unspecified atom stereocenters. The second-order valence-corrected chi connectivity index (χ2v) is 12.7. The van der Waals surface area contributed by atoms with E-state index in [4.69, 9.17) is 14.2 Å². The maximum absolute atomic E-state index is 13.4. The molecular formula is C30H36O8. The zero-order chi connectivity index (χ0) is 27.6. The fourth-order valence-corrected chi connectivity index (χ4v) is 8.96. The van der Waals surface area contributed by atoms with Crippen molar-refractivity contribution in [3.63, 3.8) is 0 Å². The minimum Gasteiger partial charge on any atom is -0.458 e. The highest BCUT2D eigenvalue weighted by molar-refractivity contribution is 6.15. The number of epoxide rings is 1. The Labute approximate surface area is 222 Å². The zero-order valence-corrected chi connectivity index (χ0v) is 22.8. The average molecular weight is 525 g/mol. The van der Waals surface area contributed by atoms with Crippen LogP contribution in [0.4, 0.5) is 0 Å². The van der Waals surface area contributed by atoms with Gasteiger partial charge in [-0.05, 0) is 70.1 Å². The number of cyclic esters (lactones) is 1. The van der Waals surface area contributed by atoms with Crippen LogP contribution in [-0.4, -0.2) is 58.1 Å². The molecule has 0 aromatic carbocycles. The van der Waals surface area contributed by atoms with Crippen molar-refractivity contribution >= 4 is 23.5 Å². The summed E-state index contributed by atoms with van der Waals surface area (Å²) in [5.41, 5.74) is -2.08. The van der Waals surface area contributed by atoms with Crippen molar-refractivity contribution in [1.82, 2.24) is 0 Å². The molecule has 6 aliphatic rings. The van der Waals surface area contributed by atoms with Crippen molar-refractivity contribution in [3.8, 4) is 0 Å². The lowest BCUT2D eigenvalue weighted by molar-refractivity contribution is -0.221. The van der Waals surface area contributed by atoms with Crippen LogP contribution >= 0.6 is 0 Å². The van der Waals surface area contributed by atoms with E-state index in [0.717, 1.165) is 11.1 Å². The Morgan fingerprint density at radius 3 is 2.47 bits per heavy atom. The van der Waals surface area contributed by atoms with Gasteiger partial charge in [0.1, 0.15) is 17.8 Å². The third kappa shape index (κ3) is 2.83. The standard InChI is InChI=1S/C30H36O8/c1-14-11-21(37-26(34)15(14)2)16(3)19-12-24(36-17(4)31)29(35)20-13-25-30(38-25)23(33)8-7-22(32)28(30,6)18(20)9-10-27(19,29)5/h7-8,12,16,18,20-21,24-25,35H,9-11,13H2,1-6H3. The van der Waals surface area contributed by atoms with Crippen molar-refractivity contribution in [2.75, 3.05) is 0 Å². The largest absolute Gasteiger partial charge is 0.458 e. The highest BCUT2D eigenvalue weighted by atomic mass is 16.6. The van der Waals surface area contributed by atoms with Crippen molar-refractivity contribution in [1.29, 1.82) is 0 Å². The van der Waals surface area contributed by atoms with Crippen LogP contribution in [0.1, 0.15) is 67.2 Å². The molecule has 10 atom stereocenters. The van der Waals surface area contributed by atoms with Crippen LogP contribution in [-0.2, 0) is 33.4 Å². The van der Waals surface area contributed by atoms with E-state index in [9.17, 15) is 24.3 Å². The third-order valence-corrected chi connectivity index (χ3v) is 11.3. The van der Waals surface area contributed by atoms with E-state index in [1.165, 1.54) is 19.1 Å². The minimum atomic E-state index is -1.52. The molecule has 2 aliphatic heterocycles. The van der Waals surface area contributed by atoms with Crippen LogP contribution in [0.25, 0.3) is 0 Å². The lowest BCUT2D eigenvalue weighted by atomic mass is 9.43. The number of ketones is 2. The second-order valence-electron chi connectivity index (χ2n) is 12.7. The number of ether oxygens (including phenoxy) is 3. The number of carbonyl (C=O) groups is 4. The quantitative estimate of drug-likeness (QED) is 0.340. The Morgan fingerprint density at radius 2 is 1.82 bits per heavy atom. The van der Waals surface area contributed by atoms with Crippen LogP contribution in [0.5, 0.6) is 0 Å². The lowest BCUT2D eigenvalue weighted by Gasteiger charge is -2.61. The molecule has 2 saturated carbocycles. The van der Waals surface area contributed by atoms with Crippen LogP contribution in [0, 0.1) is 28.6 Å². The van der Waals surface area contributed by atoms with Crippen LogP contribution < -0.4 is 0 Å². The molecule has 0 aromatic heterocycles. The summed E-state index contributed by atoms with van der Waals surface area (Å²) < 4.78 is 17.7. The number of aliphatic hydroxyl groups is 1. The van der Waals surface area contributed by atoms with Crippen molar-refractivity contribution in [3.05, 3.63) is 34.9 Å². The molecule has 0 amide bonds. The molecule has 6 rings (SSSR count).